The molecule has 6 heteroatoms. The van der Waals surface area contributed by atoms with Crippen LogP contribution in [0.5, 0.6) is 0 Å². The Bertz CT molecular complexity index is 425. The zero-order chi connectivity index (χ0) is 11.7. The van der Waals surface area contributed by atoms with Gasteiger partial charge < -0.3 is 9.64 Å². The highest BCUT2D eigenvalue weighted by Gasteiger charge is 2.27. The van der Waals surface area contributed by atoms with Crippen molar-refractivity contribution >= 4 is 40.8 Å². The molecule has 84 valence electrons. The summed E-state index contributed by atoms with van der Waals surface area (Å²) in [7, 11) is 0. The van der Waals surface area contributed by atoms with Crippen LogP contribution in [0.4, 0.5) is 5.69 Å². The smallest absolute Gasteiger partial charge is 0.333 e. The summed E-state index contributed by atoms with van der Waals surface area (Å²) < 4.78 is 4.41. The fourth-order valence-corrected chi connectivity index (χ4v) is 2.14. The highest BCUT2D eigenvalue weighted by molar-refractivity contribution is 6.39. The van der Waals surface area contributed by atoms with E-state index in [-0.39, 0.29) is 13.1 Å². The van der Waals surface area contributed by atoms with Crippen molar-refractivity contribution in [2.75, 3.05) is 18.0 Å². The van der Waals surface area contributed by atoms with Crippen molar-refractivity contribution in [2.45, 2.75) is 0 Å². The van der Waals surface area contributed by atoms with E-state index in [0.29, 0.717) is 15.7 Å². The fraction of sp³-hybridized carbons (Fsp3) is 0.200. The number of ether oxygens (including phenoxy) is 1. The number of benzene rings is 1. The molecule has 1 fully saturated rings. The fourth-order valence-electron chi connectivity index (χ4n) is 1.51. The second-order valence-corrected chi connectivity index (χ2v) is 4.09. The molecule has 1 aromatic rings. The van der Waals surface area contributed by atoms with Crippen LogP contribution in [0.25, 0.3) is 0 Å². The van der Waals surface area contributed by atoms with Gasteiger partial charge in [-0.15, -0.1) is 0 Å². The van der Waals surface area contributed by atoms with Crippen molar-refractivity contribution in [3.05, 3.63) is 28.2 Å². The summed E-state index contributed by atoms with van der Waals surface area (Å²) in [5, 5.41) is 0.796. The van der Waals surface area contributed by atoms with Gasteiger partial charge in [0.1, 0.15) is 13.1 Å². The summed E-state index contributed by atoms with van der Waals surface area (Å²) in [5.41, 5.74) is 0.482. The molecule has 1 aromatic carbocycles. The molecule has 0 atom stereocenters. The average molecular weight is 260 g/mol. The highest BCUT2D eigenvalue weighted by atomic mass is 35.5. The number of esters is 2. The van der Waals surface area contributed by atoms with Gasteiger partial charge in [-0.25, -0.2) is 9.59 Å². The van der Waals surface area contributed by atoms with Crippen molar-refractivity contribution in [1.29, 1.82) is 0 Å². The molecule has 0 spiro atoms. The Kier molecular flexibility index (Phi) is 3.03. The second kappa shape index (κ2) is 4.31. The third-order valence-electron chi connectivity index (χ3n) is 2.12. The van der Waals surface area contributed by atoms with E-state index in [1.807, 2.05) is 0 Å². The van der Waals surface area contributed by atoms with Gasteiger partial charge in [-0.05, 0) is 12.1 Å². The summed E-state index contributed by atoms with van der Waals surface area (Å²) >= 11 is 11.9. The minimum atomic E-state index is -0.604. The first kappa shape index (κ1) is 11.2. The van der Waals surface area contributed by atoms with Crippen LogP contribution in [-0.4, -0.2) is 25.0 Å². The van der Waals surface area contributed by atoms with E-state index in [0.717, 1.165) is 0 Å². The number of carbonyl (C=O) groups is 2. The largest absolute Gasteiger partial charge is 0.390 e. The van der Waals surface area contributed by atoms with Gasteiger partial charge in [0, 0.05) is 0 Å². The van der Waals surface area contributed by atoms with Gasteiger partial charge in [0.15, 0.2) is 0 Å². The minimum absolute atomic E-state index is 0.0325. The number of morpholine rings is 1. The number of carbonyl (C=O) groups excluding carboxylic acids is 2. The average Bonchev–Trinajstić information content (AvgIpc) is 2.15. The molecule has 1 saturated heterocycles. The van der Waals surface area contributed by atoms with Crippen LogP contribution in [0.1, 0.15) is 0 Å². The lowest BCUT2D eigenvalue weighted by atomic mass is 10.2. The van der Waals surface area contributed by atoms with Crippen molar-refractivity contribution in [3.8, 4) is 0 Å². The number of anilines is 1. The molecule has 16 heavy (non-hydrogen) atoms. The summed E-state index contributed by atoms with van der Waals surface area (Å²) in [6.45, 7) is -0.0651. The third kappa shape index (κ3) is 2.13. The summed E-state index contributed by atoms with van der Waals surface area (Å²) in [5.74, 6) is -1.21. The van der Waals surface area contributed by atoms with Crippen LogP contribution in [0.3, 0.4) is 0 Å². The van der Waals surface area contributed by atoms with Crippen LogP contribution < -0.4 is 4.90 Å². The van der Waals surface area contributed by atoms with Gasteiger partial charge in [-0.2, -0.15) is 0 Å². The molecule has 0 radical (unpaired) electrons. The topological polar surface area (TPSA) is 46.6 Å². The number of nitrogens with zero attached hydrogens (tertiary/aromatic N) is 1. The molecule has 4 nitrogen and oxygen atoms in total. The lowest BCUT2D eigenvalue weighted by Crippen LogP contribution is -2.43. The summed E-state index contributed by atoms with van der Waals surface area (Å²) in [4.78, 5) is 23.7. The van der Waals surface area contributed by atoms with E-state index < -0.39 is 11.9 Å². The van der Waals surface area contributed by atoms with Crippen LogP contribution in [-0.2, 0) is 14.3 Å². The first-order valence-electron chi connectivity index (χ1n) is 4.50. The lowest BCUT2D eigenvalue weighted by molar-refractivity contribution is -0.160. The molecule has 0 saturated carbocycles. The number of hydrogen-bond acceptors (Lipinski definition) is 4. The van der Waals surface area contributed by atoms with E-state index >= 15 is 0 Å². The molecule has 0 unspecified atom stereocenters. The quantitative estimate of drug-likeness (QED) is 0.571. The third-order valence-corrected chi connectivity index (χ3v) is 2.73. The molecule has 1 heterocycles. The summed E-state index contributed by atoms with van der Waals surface area (Å²) in [6.07, 6.45) is 0. The standard InChI is InChI=1S/C10H7Cl2NO3/c11-6-2-1-3-7(12)10(6)13-4-8(14)16-9(15)5-13/h1-3H,4-5H2. The predicted octanol–water partition coefficient (Wildman–Crippen LogP) is 1.88. The minimum Gasteiger partial charge on any atom is -0.390 e. The Morgan fingerprint density at radius 3 is 2.06 bits per heavy atom. The number of halogens is 2. The first-order chi connectivity index (χ1) is 7.58. The Hall–Kier alpha value is -1.26. The van der Waals surface area contributed by atoms with Gasteiger partial charge in [0.25, 0.3) is 0 Å². The first-order valence-corrected chi connectivity index (χ1v) is 5.26. The van der Waals surface area contributed by atoms with E-state index in [1.54, 1.807) is 18.2 Å². The molecule has 2 rings (SSSR count). The molecule has 0 amide bonds. The van der Waals surface area contributed by atoms with Crippen LogP contribution in [0.15, 0.2) is 18.2 Å². The van der Waals surface area contributed by atoms with E-state index in [4.69, 9.17) is 23.2 Å². The molecule has 1 aliphatic heterocycles. The molecule has 0 aromatic heterocycles. The van der Waals surface area contributed by atoms with Crippen molar-refractivity contribution in [2.24, 2.45) is 0 Å². The Labute approximate surface area is 102 Å². The van der Waals surface area contributed by atoms with E-state index in [1.165, 1.54) is 4.90 Å². The van der Waals surface area contributed by atoms with Gasteiger partial charge in [-0.3, -0.25) is 0 Å². The zero-order valence-corrected chi connectivity index (χ0v) is 9.59. The van der Waals surface area contributed by atoms with Gasteiger partial charge in [-0.1, -0.05) is 29.3 Å². The Morgan fingerprint density at radius 2 is 1.56 bits per heavy atom. The number of hydrogen-bond donors (Lipinski definition) is 0. The molecule has 0 bridgehead atoms. The lowest BCUT2D eigenvalue weighted by Gasteiger charge is -2.27. The van der Waals surface area contributed by atoms with Gasteiger partial charge >= 0.3 is 11.9 Å². The zero-order valence-electron chi connectivity index (χ0n) is 8.07. The normalized spacial score (nSPS) is 16.2. The molecule has 0 N–H and O–H groups in total. The number of cyclic esters (lactones) is 2. The monoisotopic (exact) mass is 259 g/mol. The number of para-hydroxylation sites is 1. The predicted molar refractivity (Wildman–Crippen MR) is 59.8 cm³/mol. The maximum atomic E-state index is 11.1. The number of rotatable bonds is 1. The van der Waals surface area contributed by atoms with Crippen LogP contribution >= 0.6 is 23.2 Å². The van der Waals surface area contributed by atoms with Crippen molar-refractivity contribution < 1.29 is 14.3 Å². The van der Waals surface area contributed by atoms with E-state index in [9.17, 15) is 9.59 Å². The maximum Gasteiger partial charge on any atom is 0.333 e. The van der Waals surface area contributed by atoms with E-state index in [2.05, 4.69) is 4.74 Å². The highest BCUT2D eigenvalue weighted by Crippen LogP contribution is 2.33. The second-order valence-electron chi connectivity index (χ2n) is 3.27. The van der Waals surface area contributed by atoms with Gasteiger partial charge in [0.2, 0.25) is 0 Å². The Balaban J connectivity index is 2.36. The molecular weight excluding hydrogens is 253 g/mol. The van der Waals surface area contributed by atoms with Crippen LogP contribution in [0, 0.1) is 0 Å². The molecule has 1 aliphatic rings. The SMILES string of the molecule is O=C1CN(c2c(Cl)cccc2Cl)CC(=O)O1. The van der Waals surface area contributed by atoms with Crippen molar-refractivity contribution in [3.63, 3.8) is 0 Å². The van der Waals surface area contributed by atoms with Crippen LogP contribution in [0.2, 0.25) is 10.0 Å². The maximum absolute atomic E-state index is 11.1. The molecular formula is C10H7Cl2NO3. The molecule has 0 aliphatic carbocycles. The van der Waals surface area contributed by atoms with Crippen molar-refractivity contribution in [1.82, 2.24) is 0 Å². The van der Waals surface area contributed by atoms with Gasteiger partial charge in [0.05, 0.1) is 15.7 Å². The summed E-state index contributed by atoms with van der Waals surface area (Å²) in [6, 6.07) is 4.98. The Morgan fingerprint density at radius 1 is 1.06 bits per heavy atom.